The zero-order chi connectivity index (χ0) is 11.3. The molecule has 84 valence electrons. The molecule has 4 nitrogen and oxygen atoms in total. The first-order valence-corrected chi connectivity index (χ1v) is 6.16. The van der Waals surface area contributed by atoms with Crippen LogP contribution in [0.15, 0.2) is 23.4 Å². The quantitative estimate of drug-likeness (QED) is 0.778. The van der Waals surface area contributed by atoms with Gasteiger partial charge in [-0.1, -0.05) is 13.3 Å². The molecule has 1 aromatic rings. The molecule has 0 aliphatic rings. The summed E-state index contributed by atoms with van der Waals surface area (Å²) in [6.07, 6.45) is 2.83. The zero-order valence-electron chi connectivity index (χ0n) is 8.40. The average Bonchev–Trinajstić information content (AvgIpc) is 2.18. The highest BCUT2D eigenvalue weighted by atomic mass is 32.2. The zero-order valence-corrected chi connectivity index (χ0v) is 9.22. The van der Waals surface area contributed by atoms with Gasteiger partial charge in [0.05, 0.1) is 0 Å². The van der Waals surface area contributed by atoms with Crippen LogP contribution in [0.3, 0.4) is 0 Å². The van der Waals surface area contributed by atoms with Gasteiger partial charge in [0.25, 0.3) is 10.0 Å². The average molecular weight is 232 g/mol. The van der Waals surface area contributed by atoms with E-state index >= 15 is 0 Å². The summed E-state index contributed by atoms with van der Waals surface area (Å²) in [5.74, 6) is -0.832. The number of nitrogens with zero attached hydrogens (tertiary/aromatic N) is 1. The smallest absolute Gasteiger partial charge is 0.241 e. The number of aromatic nitrogens is 1. The van der Waals surface area contributed by atoms with Gasteiger partial charge in [-0.15, -0.1) is 0 Å². The van der Waals surface area contributed by atoms with Crippen LogP contribution in [0.2, 0.25) is 0 Å². The Hall–Kier alpha value is -1.01. The summed E-state index contributed by atoms with van der Waals surface area (Å²) < 4.78 is 38.4. The SMILES string of the molecule is CCCCNS(=O)(=O)c1ncccc1F. The second-order valence-corrected chi connectivity index (χ2v) is 4.72. The van der Waals surface area contributed by atoms with Gasteiger partial charge < -0.3 is 0 Å². The maximum atomic E-state index is 13.1. The third kappa shape index (κ3) is 3.24. The van der Waals surface area contributed by atoms with Crippen LogP contribution >= 0.6 is 0 Å². The molecule has 6 heteroatoms. The van der Waals surface area contributed by atoms with Crippen LogP contribution in [0.5, 0.6) is 0 Å². The minimum absolute atomic E-state index is 0.300. The highest BCUT2D eigenvalue weighted by molar-refractivity contribution is 7.89. The van der Waals surface area contributed by atoms with Crippen molar-refractivity contribution in [3.8, 4) is 0 Å². The lowest BCUT2D eigenvalue weighted by molar-refractivity contribution is 0.543. The molecule has 15 heavy (non-hydrogen) atoms. The van der Waals surface area contributed by atoms with E-state index in [0.717, 1.165) is 12.5 Å². The molecule has 0 amide bonds. The van der Waals surface area contributed by atoms with Gasteiger partial charge in [0.15, 0.2) is 5.82 Å². The van der Waals surface area contributed by atoms with Crippen molar-refractivity contribution >= 4 is 10.0 Å². The Morgan fingerprint density at radius 2 is 2.27 bits per heavy atom. The summed E-state index contributed by atoms with van der Waals surface area (Å²) in [5, 5.41) is -0.541. The van der Waals surface area contributed by atoms with Crippen LogP contribution in [0.4, 0.5) is 4.39 Å². The summed E-state index contributed by atoms with van der Waals surface area (Å²) >= 11 is 0. The number of hydrogen-bond donors (Lipinski definition) is 1. The molecular weight excluding hydrogens is 219 g/mol. The van der Waals surface area contributed by atoms with E-state index in [1.54, 1.807) is 0 Å². The van der Waals surface area contributed by atoms with Crippen LogP contribution in [-0.2, 0) is 10.0 Å². The summed E-state index contributed by atoms with van der Waals surface area (Å²) in [6, 6.07) is 2.42. The molecule has 0 atom stereocenters. The second-order valence-electron chi connectivity index (χ2n) is 3.04. The first-order chi connectivity index (χ1) is 7.08. The van der Waals surface area contributed by atoms with Crippen LogP contribution in [0.25, 0.3) is 0 Å². The van der Waals surface area contributed by atoms with Crippen molar-refractivity contribution in [1.82, 2.24) is 9.71 Å². The van der Waals surface area contributed by atoms with Gasteiger partial charge in [-0.25, -0.2) is 22.5 Å². The molecule has 0 aliphatic heterocycles. The number of rotatable bonds is 5. The number of nitrogens with one attached hydrogen (secondary N) is 1. The van der Waals surface area contributed by atoms with Crippen LogP contribution in [0.1, 0.15) is 19.8 Å². The molecular formula is C9H13FN2O2S. The van der Waals surface area contributed by atoms with E-state index in [9.17, 15) is 12.8 Å². The minimum Gasteiger partial charge on any atom is -0.241 e. The lowest BCUT2D eigenvalue weighted by Crippen LogP contribution is -2.26. The Bertz CT molecular complexity index is 420. The minimum atomic E-state index is -3.80. The predicted molar refractivity (Wildman–Crippen MR) is 54.3 cm³/mol. The molecule has 0 aromatic carbocycles. The monoisotopic (exact) mass is 232 g/mol. The molecule has 1 aromatic heterocycles. The number of pyridine rings is 1. The molecule has 0 aliphatic carbocycles. The lowest BCUT2D eigenvalue weighted by Gasteiger charge is -2.05. The Balaban J connectivity index is 2.83. The third-order valence-corrected chi connectivity index (χ3v) is 3.20. The third-order valence-electron chi connectivity index (χ3n) is 1.80. The first-order valence-electron chi connectivity index (χ1n) is 4.68. The summed E-state index contributed by atoms with van der Waals surface area (Å²) in [4.78, 5) is 3.50. The van der Waals surface area contributed by atoms with Crippen LogP contribution in [-0.4, -0.2) is 19.9 Å². The van der Waals surface area contributed by atoms with E-state index in [2.05, 4.69) is 9.71 Å². The number of unbranched alkanes of at least 4 members (excludes halogenated alkanes) is 1. The second kappa shape index (κ2) is 5.18. The topological polar surface area (TPSA) is 59.1 Å². The van der Waals surface area contributed by atoms with E-state index in [1.807, 2.05) is 6.92 Å². The maximum Gasteiger partial charge on any atom is 0.261 e. The molecule has 0 spiro atoms. The first kappa shape index (κ1) is 12.1. The van der Waals surface area contributed by atoms with Gasteiger partial charge in [-0.05, 0) is 18.6 Å². The molecule has 0 saturated heterocycles. The van der Waals surface area contributed by atoms with Crippen molar-refractivity contribution < 1.29 is 12.8 Å². The van der Waals surface area contributed by atoms with Crippen LogP contribution in [0, 0.1) is 5.82 Å². The molecule has 0 bridgehead atoms. The Morgan fingerprint density at radius 3 is 2.87 bits per heavy atom. The molecule has 0 unspecified atom stereocenters. The van der Waals surface area contributed by atoms with Gasteiger partial charge >= 0.3 is 0 Å². The van der Waals surface area contributed by atoms with Crippen molar-refractivity contribution in [2.45, 2.75) is 24.8 Å². The fraction of sp³-hybridized carbons (Fsp3) is 0.444. The Kier molecular flexibility index (Phi) is 4.16. The van der Waals surface area contributed by atoms with E-state index in [-0.39, 0.29) is 0 Å². The van der Waals surface area contributed by atoms with Gasteiger partial charge in [0, 0.05) is 12.7 Å². The summed E-state index contributed by atoms with van der Waals surface area (Å²) in [5.41, 5.74) is 0. The molecule has 0 radical (unpaired) electrons. The normalized spacial score (nSPS) is 11.6. The lowest BCUT2D eigenvalue weighted by atomic mass is 10.3. The van der Waals surface area contributed by atoms with Gasteiger partial charge in [0.2, 0.25) is 5.03 Å². The molecule has 0 saturated carbocycles. The number of sulfonamides is 1. The number of hydrogen-bond acceptors (Lipinski definition) is 3. The molecule has 1 N–H and O–H groups in total. The predicted octanol–water partition coefficient (Wildman–Crippen LogP) is 1.30. The van der Waals surface area contributed by atoms with Crippen molar-refractivity contribution in [3.63, 3.8) is 0 Å². The maximum absolute atomic E-state index is 13.1. The van der Waals surface area contributed by atoms with Crippen molar-refractivity contribution in [2.75, 3.05) is 6.54 Å². The van der Waals surface area contributed by atoms with Gasteiger partial charge in [0.1, 0.15) is 0 Å². The van der Waals surface area contributed by atoms with Crippen molar-refractivity contribution in [3.05, 3.63) is 24.1 Å². The standard InChI is InChI=1S/C9H13FN2O2S/c1-2-3-7-12-15(13,14)9-8(10)5-4-6-11-9/h4-6,12H,2-3,7H2,1H3. The highest BCUT2D eigenvalue weighted by Gasteiger charge is 2.19. The van der Waals surface area contributed by atoms with Crippen LogP contribution < -0.4 is 4.72 Å². The number of halogens is 1. The largest absolute Gasteiger partial charge is 0.261 e. The van der Waals surface area contributed by atoms with Crippen molar-refractivity contribution in [2.24, 2.45) is 0 Å². The Labute approximate surface area is 88.6 Å². The molecule has 0 fully saturated rings. The fourth-order valence-corrected chi connectivity index (χ4v) is 2.09. The fourth-order valence-electron chi connectivity index (χ4n) is 1.02. The van der Waals surface area contributed by atoms with E-state index in [0.29, 0.717) is 13.0 Å². The summed E-state index contributed by atoms with van der Waals surface area (Å²) in [6.45, 7) is 2.24. The van der Waals surface area contributed by atoms with E-state index in [1.165, 1.54) is 12.3 Å². The van der Waals surface area contributed by atoms with Crippen molar-refractivity contribution in [1.29, 1.82) is 0 Å². The van der Waals surface area contributed by atoms with E-state index in [4.69, 9.17) is 0 Å². The van der Waals surface area contributed by atoms with Gasteiger partial charge in [-0.3, -0.25) is 0 Å². The highest BCUT2D eigenvalue weighted by Crippen LogP contribution is 2.09. The van der Waals surface area contributed by atoms with E-state index < -0.39 is 20.9 Å². The Morgan fingerprint density at radius 1 is 1.53 bits per heavy atom. The summed E-state index contributed by atoms with van der Waals surface area (Å²) in [7, 11) is -3.80. The molecule has 1 heterocycles. The molecule has 1 rings (SSSR count). The van der Waals surface area contributed by atoms with Gasteiger partial charge in [-0.2, -0.15) is 0 Å².